The molecule has 7 nitrogen and oxygen atoms in total. The van der Waals surface area contributed by atoms with E-state index < -0.39 is 0 Å². The molecule has 0 saturated carbocycles. The van der Waals surface area contributed by atoms with Gasteiger partial charge in [-0.1, -0.05) is 11.9 Å². The highest BCUT2D eigenvalue weighted by Gasteiger charge is 2.24. The number of benzene rings is 1. The summed E-state index contributed by atoms with van der Waals surface area (Å²) in [7, 11) is 0. The maximum Gasteiger partial charge on any atom is 0.417 e. The fourth-order valence-corrected chi connectivity index (χ4v) is 2.76. The molecule has 0 spiro atoms. The van der Waals surface area contributed by atoms with Gasteiger partial charge in [-0.2, -0.15) is 0 Å². The Morgan fingerprint density at radius 1 is 1.07 bits per heavy atom. The maximum atomic E-state index is 11.2. The van der Waals surface area contributed by atoms with Crippen LogP contribution in [0.2, 0.25) is 0 Å². The maximum absolute atomic E-state index is 11.2. The molecule has 1 amide bonds. The molecule has 0 bridgehead atoms. The number of hydrogen-bond acceptors (Lipinski definition) is 7. The van der Waals surface area contributed by atoms with Gasteiger partial charge in [0.1, 0.15) is 36.9 Å². The van der Waals surface area contributed by atoms with Gasteiger partial charge in [-0.25, -0.2) is 4.79 Å². The third-order valence-electron chi connectivity index (χ3n) is 4.14. The molecule has 0 aromatic heterocycles. The molecule has 1 aromatic carbocycles. The van der Waals surface area contributed by atoms with Crippen molar-refractivity contribution in [2.45, 2.75) is 37.9 Å². The molecular formula is C19H27NO6S. The molecule has 1 aromatic rings. The Morgan fingerprint density at radius 2 is 1.70 bits per heavy atom. The van der Waals surface area contributed by atoms with E-state index in [0.29, 0.717) is 19.8 Å². The molecule has 2 unspecified atom stereocenters. The molecule has 27 heavy (non-hydrogen) atoms. The Bertz CT molecular complexity index is 572. The van der Waals surface area contributed by atoms with E-state index in [9.17, 15) is 4.79 Å². The highest BCUT2D eigenvalue weighted by molar-refractivity contribution is 7.97. The number of nitrogens with one attached hydrogen (secondary N) is 1. The van der Waals surface area contributed by atoms with Gasteiger partial charge >= 0.3 is 6.09 Å². The van der Waals surface area contributed by atoms with E-state index in [1.54, 1.807) is 6.26 Å². The van der Waals surface area contributed by atoms with E-state index in [0.717, 1.165) is 50.4 Å². The van der Waals surface area contributed by atoms with Crippen molar-refractivity contribution < 1.29 is 28.5 Å². The monoisotopic (exact) mass is 397 g/mol. The minimum Gasteiger partial charge on any atom is -0.491 e. The number of carbonyl (C=O) groups excluding carboxylic acids is 1. The van der Waals surface area contributed by atoms with Crippen LogP contribution in [-0.2, 0) is 20.6 Å². The molecule has 1 N–H and O–H groups in total. The van der Waals surface area contributed by atoms with Gasteiger partial charge in [0.15, 0.2) is 0 Å². The quantitative estimate of drug-likeness (QED) is 0.311. The van der Waals surface area contributed by atoms with Crippen LogP contribution in [-0.4, -0.2) is 57.6 Å². The van der Waals surface area contributed by atoms with Gasteiger partial charge in [0.05, 0.1) is 19.8 Å². The first-order valence-electron chi connectivity index (χ1n) is 9.31. The van der Waals surface area contributed by atoms with Gasteiger partial charge in [-0.05, 0) is 43.4 Å². The van der Waals surface area contributed by atoms with E-state index in [1.807, 2.05) is 6.07 Å². The summed E-state index contributed by atoms with van der Waals surface area (Å²) >= 11 is 1.23. The Balaban J connectivity index is 1.41. The number of ether oxygens (including phenoxy) is 5. The van der Waals surface area contributed by atoms with Gasteiger partial charge in [0.25, 0.3) is 0 Å². The van der Waals surface area contributed by atoms with Crippen molar-refractivity contribution in [1.82, 2.24) is 4.72 Å². The second-order valence-corrected chi connectivity index (χ2v) is 7.21. The van der Waals surface area contributed by atoms with Gasteiger partial charge in [0.2, 0.25) is 0 Å². The van der Waals surface area contributed by atoms with E-state index in [4.69, 9.17) is 23.7 Å². The standard InChI is InChI=1S/C19H27NO6S/c1-27-20-19(21)22-6-4-2-3-5-14-7-15(23-10-17-12-25-17)9-16(8-14)24-11-18-13-26-18/h7-9,17-18H,2-6,10-13H2,1H3,(H,20,21). The Kier molecular flexibility index (Phi) is 7.92. The van der Waals surface area contributed by atoms with Crippen LogP contribution in [0.15, 0.2) is 18.2 Å². The van der Waals surface area contributed by atoms with Gasteiger partial charge in [-0.3, -0.25) is 4.72 Å². The minimum absolute atomic E-state index is 0.223. The van der Waals surface area contributed by atoms with Crippen molar-refractivity contribution in [1.29, 1.82) is 0 Å². The summed E-state index contributed by atoms with van der Waals surface area (Å²) in [5.74, 6) is 1.62. The second kappa shape index (κ2) is 10.6. The van der Waals surface area contributed by atoms with Crippen LogP contribution in [0.5, 0.6) is 11.5 Å². The topological polar surface area (TPSA) is 81.9 Å². The number of unbranched alkanes of at least 4 members (excludes halogenated alkanes) is 2. The summed E-state index contributed by atoms with van der Waals surface area (Å²) < 4.78 is 29.6. The van der Waals surface area contributed by atoms with Crippen molar-refractivity contribution in [3.8, 4) is 11.5 Å². The lowest BCUT2D eigenvalue weighted by molar-refractivity contribution is 0.151. The summed E-state index contributed by atoms with van der Waals surface area (Å²) in [6, 6.07) is 6.04. The first-order valence-corrected chi connectivity index (χ1v) is 10.5. The van der Waals surface area contributed by atoms with Crippen LogP contribution in [0.1, 0.15) is 24.8 Å². The van der Waals surface area contributed by atoms with Crippen LogP contribution in [0.4, 0.5) is 4.79 Å². The van der Waals surface area contributed by atoms with Crippen molar-refractivity contribution >= 4 is 18.0 Å². The Hall–Kier alpha value is -1.64. The normalized spacial score (nSPS) is 20.0. The Morgan fingerprint density at radius 3 is 2.26 bits per heavy atom. The molecule has 2 saturated heterocycles. The first-order chi connectivity index (χ1) is 13.2. The average molecular weight is 397 g/mol. The van der Waals surface area contributed by atoms with Crippen LogP contribution in [0.25, 0.3) is 0 Å². The molecule has 2 aliphatic heterocycles. The average Bonchev–Trinajstić information content (AvgIpc) is 3.56. The summed E-state index contributed by atoms with van der Waals surface area (Å²) in [6.07, 6.45) is 5.61. The van der Waals surface area contributed by atoms with Gasteiger partial charge in [-0.15, -0.1) is 0 Å². The number of amides is 1. The van der Waals surface area contributed by atoms with Crippen molar-refractivity contribution in [3.05, 3.63) is 23.8 Å². The number of hydrogen-bond donors (Lipinski definition) is 1. The first kappa shape index (κ1) is 20.1. The van der Waals surface area contributed by atoms with Crippen molar-refractivity contribution in [2.24, 2.45) is 0 Å². The van der Waals surface area contributed by atoms with E-state index >= 15 is 0 Å². The SMILES string of the molecule is CSNC(=O)OCCCCCc1cc(OCC2CO2)cc(OCC2CO2)c1. The van der Waals surface area contributed by atoms with Crippen LogP contribution in [0, 0.1) is 0 Å². The van der Waals surface area contributed by atoms with Gasteiger partial charge in [0, 0.05) is 12.3 Å². The van der Waals surface area contributed by atoms with Crippen molar-refractivity contribution in [3.63, 3.8) is 0 Å². The molecule has 2 aliphatic rings. The van der Waals surface area contributed by atoms with Gasteiger partial charge < -0.3 is 23.7 Å². The molecule has 0 aliphatic carbocycles. The Labute approximate surface area is 164 Å². The molecule has 2 fully saturated rings. The van der Waals surface area contributed by atoms with E-state index in [2.05, 4.69) is 16.9 Å². The predicted octanol–water partition coefficient (Wildman–Crippen LogP) is 2.96. The molecule has 2 heterocycles. The van der Waals surface area contributed by atoms with Crippen LogP contribution >= 0.6 is 11.9 Å². The summed E-state index contributed by atoms with van der Waals surface area (Å²) in [5, 5.41) is 0. The zero-order valence-electron chi connectivity index (χ0n) is 15.6. The van der Waals surface area contributed by atoms with E-state index in [-0.39, 0.29) is 18.3 Å². The lowest BCUT2D eigenvalue weighted by atomic mass is 10.1. The van der Waals surface area contributed by atoms with E-state index in [1.165, 1.54) is 17.5 Å². The minimum atomic E-state index is -0.381. The fourth-order valence-electron chi connectivity index (χ4n) is 2.53. The largest absolute Gasteiger partial charge is 0.491 e. The molecule has 150 valence electrons. The van der Waals surface area contributed by atoms with Crippen LogP contribution in [0.3, 0.4) is 0 Å². The van der Waals surface area contributed by atoms with Crippen molar-refractivity contribution in [2.75, 3.05) is 39.3 Å². The number of carbonyl (C=O) groups is 1. The summed E-state index contributed by atoms with van der Waals surface area (Å²) in [5.41, 5.74) is 1.18. The molecule has 3 rings (SSSR count). The molecular weight excluding hydrogens is 370 g/mol. The zero-order chi connectivity index (χ0) is 18.9. The number of aryl methyl sites for hydroxylation is 1. The number of rotatable bonds is 13. The lowest BCUT2D eigenvalue weighted by Gasteiger charge is -2.12. The third kappa shape index (κ3) is 8.28. The zero-order valence-corrected chi connectivity index (χ0v) is 16.4. The number of epoxide rings is 2. The highest BCUT2D eigenvalue weighted by Crippen LogP contribution is 2.26. The predicted molar refractivity (Wildman–Crippen MR) is 102 cm³/mol. The molecule has 0 radical (unpaired) electrons. The third-order valence-corrected chi connectivity index (χ3v) is 4.52. The second-order valence-electron chi connectivity index (χ2n) is 6.60. The smallest absolute Gasteiger partial charge is 0.417 e. The molecule has 2 atom stereocenters. The summed E-state index contributed by atoms with van der Waals surface area (Å²) in [6.45, 7) is 3.14. The fraction of sp³-hybridized carbons (Fsp3) is 0.632. The van der Waals surface area contributed by atoms with Crippen LogP contribution < -0.4 is 14.2 Å². The highest BCUT2D eigenvalue weighted by atomic mass is 32.2. The summed E-state index contributed by atoms with van der Waals surface area (Å²) in [4.78, 5) is 11.2. The lowest BCUT2D eigenvalue weighted by Crippen LogP contribution is -2.17. The molecule has 8 heteroatoms.